The fourth-order valence-corrected chi connectivity index (χ4v) is 3.23. The van der Waals surface area contributed by atoms with Crippen LogP contribution in [0, 0.1) is 6.92 Å². The minimum atomic E-state index is 0.291. The number of nitrogens with zero attached hydrogens (tertiary/aromatic N) is 1. The minimum Gasteiger partial charge on any atom is -0.303 e. The van der Waals surface area contributed by atoms with Gasteiger partial charge in [0.25, 0.3) is 0 Å². The molecule has 0 spiro atoms. The molecule has 0 amide bonds. The lowest BCUT2D eigenvalue weighted by atomic mass is 10.3. The fourth-order valence-electron chi connectivity index (χ4n) is 1.36. The average molecular weight is 273 g/mol. The Morgan fingerprint density at radius 2 is 2.31 bits per heavy atom. The van der Waals surface area contributed by atoms with E-state index < -0.39 is 0 Å². The zero-order valence-corrected chi connectivity index (χ0v) is 11.5. The molecule has 2 aromatic heterocycles. The number of hydrogen-bond acceptors (Lipinski definition) is 4. The summed E-state index contributed by atoms with van der Waals surface area (Å²) >= 11 is 9.19. The molecular weight excluding hydrogens is 260 g/mol. The van der Waals surface area contributed by atoms with Gasteiger partial charge in [0.15, 0.2) is 0 Å². The van der Waals surface area contributed by atoms with Crippen LogP contribution in [0.15, 0.2) is 17.5 Å². The van der Waals surface area contributed by atoms with Crippen LogP contribution in [0.5, 0.6) is 0 Å². The van der Waals surface area contributed by atoms with E-state index in [0.29, 0.717) is 6.04 Å². The van der Waals surface area contributed by atoms with Crippen LogP contribution in [0.1, 0.15) is 28.5 Å². The van der Waals surface area contributed by atoms with Gasteiger partial charge in [0, 0.05) is 22.5 Å². The SMILES string of the molecule is Cc1csc(C(C)NCc2ccc(Cl)s2)n1. The van der Waals surface area contributed by atoms with Crippen molar-refractivity contribution in [3.63, 3.8) is 0 Å². The third-order valence-electron chi connectivity index (χ3n) is 2.22. The average Bonchev–Trinajstić information content (AvgIpc) is 2.84. The highest BCUT2D eigenvalue weighted by atomic mass is 35.5. The van der Waals surface area contributed by atoms with Gasteiger partial charge in [-0.1, -0.05) is 11.6 Å². The lowest BCUT2D eigenvalue weighted by Crippen LogP contribution is -2.17. The van der Waals surface area contributed by atoms with Crippen molar-refractivity contribution in [3.8, 4) is 0 Å². The number of hydrogen-bond donors (Lipinski definition) is 1. The van der Waals surface area contributed by atoms with Crippen molar-refractivity contribution in [2.24, 2.45) is 0 Å². The summed E-state index contributed by atoms with van der Waals surface area (Å²) < 4.78 is 0.842. The van der Waals surface area contributed by atoms with Crippen LogP contribution in [0.3, 0.4) is 0 Å². The molecule has 0 aliphatic carbocycles. The van der Waals surface area contributed by atoms with Crippen molar-refractivity contribution in [2.75, 3.05) is 0 Å². The summed E-state index contributed by atoms with van der Waals surface area (Å²) in [6.45, 7) is 5.00. The molecular formula is C11H13ClN2S2. The van der Waals surface area contributed by atoms with Crippen LogP contribution in [0.4, 0.5) is 0 Å². The van der Waals surface area contributed by atoms with Gasteiger partial charge in [0.2, 0.25) is 0 Å². The number of aryl methyl sites for hydroxylation is 1. The Balaban J connectivity index is 1.91. The molecule has 0 fully saturated rings. The highest BCUT2D eigenvalue weighted by Gasteiger charge is 2.09. The maximum absolute atomic E-state index is 5.88. The van der Waals surface area contributed by atoms with Crippen LogP contribution in [0.2, 0.25) is 4.34 Å². The molecule has 2 heterocycles. The molecule has 0 aliphatic heterocycles. The fraction of sp³-hybridized carbons (Fsp3) is 0.364. The van der Waals surface area contributed by atoms with Gasteiger partial charge < -0.3 is 5.32 Å². The third kappa shape index (κ3) is 3.04. The van der Waals surface area contributed by atoms with Gasteiger partial charge in [0.1, 0.15) is 5.01 Å². The molecule has 0 aromatic carbocycles. The Morgan fingerprint density at radius 1 is 1.50 bits per heavy atom. The van der Waals surface area contributed by atoms with E-state index in [2.05, 4.69) is 28.7 Å². The quantitative estimate of drug-likeness (QED) is 0.909. The predicted molar refractivity (Wildman–Crippen MR) is 71.4 cm³/mol. The van der Waals surface area contributed by atoms with Crippen LogP contribution >= 0.6 is 34.3 Å². The summed E-state index contributed by atoms with van der Waals surface area (Å²) in [5.74, 6) is 0. The van der Waals surface area contributed by atoms with Crippen LogP contribution in [0.25, 0.3) is 0 Å². The lowest BCUT2D eigenvalue weighted by molar-refractivity contribution is 0.575. The number of nitrogens with one attached hydrogen (secondary N) is 1. The molecule has 1 atom stereocenters. The first-order valence-electron chi connectivity index (χ1n) is 5.05. The maximum atomic E-state index is 5.88. The predicted octanol–water partition coefficient (Wildman–Crippen LogP) is 4.02. The Bertz CT molecular complexity index is 464. The van der Waals surface area contributed by atoms with E-state index in [0.717, 1.165) is 21.6 Å². The summed E-state index contributed by atoms with van der Waals surface area (Å²) in [6.07, 6.45) is 0. The molecule has 0 aliphatic rings. The van der Waals surface area contributed by atoms with Crippen molar-refractivity contribution >= 4 is 34.3 Å². The van der Waals surface area contributed by atoms with Gasteiger partial charge in [0.05, 0.1) is 10.4 Å². The highest BCUT2D eigenvalue weighted by Crippen LogP contribution is 2.23. The molecule has 1 unspecified atom stereocenters. The molecule has 0 radical (unpaired) electrons. The molecule has 5 heteroatoms. The zero-order valence-electron chi connectivity index (χ0n) is 9.16. The highest BCUT2D eigenvalue weighted by molar-refractivity contribution is 7.16. The molecule has 86 valence electrons. The number of thiazole rings is 1. The second-order valence-corrected chi connectivity index (χ2v) is 6.32. The van der Waals surface area contributed by atoms with Crippen LogP contribution in [-0.4, -0.2) is 4.98 Å². The summed E-state index contributed by atoms with van der Waals surface area (Å²) in [5.41, 5.74) is 1.09. The summed E-state index contributed by atoms with van der Waals surface area (Å²) in [4.78, 5) is 5.72. The molecule has 0 saturated heterocycles. The van der Waals surface area contributed by atoms with E-state index >= 15 is 0 Å². The molecule has 2 aromatic rings. The van der Waals surface area contributed by atoms with Crippen LogP contribution in [-0.2, 0) is 6.54 Å². The van der Waals surface area contributed by atoms with Gasteiger partial charge in [-0.3, -0.25) is 0 Å². The topological polar surface area (TPSA) is 24.9 Å². The van der Waals surface area contributed by atoms with E-state index in [1.807, 2.05) is 13.0 Å². The molecule has 2 nitrogen and oxygen atoms in total. The van der Waals surface area contributed by atoms with Crippen molar-refractivity contribution in [1.82, 2.24) is 10.3 Å². The second kappa shape index (κ2) is 5.27. The number of thiophene rings is 1. The first kappa shape index (κ1) is 12.0. The van der Waals surface area contributed by atoms with Gasteiger partial charge in [-0.15, -0.1) is 22.7 Å². The number of aromatic nitrogens is 1. The van der Waals surface area contributed by atoms with Crippen molar-refractivity contribution in [1.29, 1.82) is 0 Å². The summed E-state index contributed by atoms with van der Waals surface area (Å²) in [6, 6.07) is 4.28. The maximum Gasteiger partial charge on any atom is 0.110 e. The number of rotatable bonds is 4. The van der Waals surface area contributed by atoms with Crippen molar-refractivity contribution < 1.29 is 0 Å². The van der Waals surface area contributed by atoms with Gasteiger partial charge >= 0.3 is 0 Å². The van der Waals surface area contributed by atoms with E-state index in [9.17, 15) is 0 Å². The standard InChI is InChI=1S/C11H13ClN2S2/c1-7-6-15-11(14-7)8(2)13-5-9-3-4-10(12)16-9/h3-4,6,8,13H,5H2,1-2H3. The van der Waals surface area contributed by atoms with Crippen molar-refractivity contribution in [3.05, 3.63) is 37.4 Å². The normalized spacial score (nSPS) is 12.9. The van der Waals surface area contributed by atoms with Crippen LogP contribution < -0.4 is 5.32 Å². The zero-order chi connectivity index (χ0) is 11.5. The summed E-state index contributed by atoms with van der Waals surface area (Å²) in [7, 11) is 0. The monoisotopic (exact) mass is 272 g/mol. The molecule has 16 heavy (non-hydrogen) atoms. The Labute approximate surface area is 108 Å². The molecule has 1 N–H and O–H groups in total. The Morgan fingerprint density at radius 3 is 2.88 bits per heavy atom. The molecule has 2 rings (SSSR count). The van der Waals surface area contributed by atoms with Crippen molar-refractivity contribution in [2.45, 2.75) is 26.4 Å². The lowest BCUT2D eigenvalue weighted by Gasteiger charge is -2.09. The van der Waals surface area contributed by atoms with E-state index in [-0.39, 0.29) is 0 Å². The van der Waals surface area contributed by atoms with Gasteiger partial charge in [-0.05, 0) is 26.0 Å². The first-order valence-corrected chi connectivity index (χ1v) is 7.12. The smallest absolute Gasteiger partial charge is 0.110 e. The molecule has 0 saturated carbocycles. The summed E-state index contributed by atoms with van der Waals surface area (Å²) in [5, 5.41) is 6.66. The minimum absolute atomic E-state index is 0.291. The second-order valence-electron chi connectivity index (χ2n) is 3.64. The van der Waals surface area contributed by atoms with E-state index in [1.165, 1.54) is 4.88 Å². The van der Waals surface area contributed by atoms with Gasteiger partial charge in [-0.2, -0.15) is 0 Å². The number of halogens is 1. The third-order valence-corrected chi connectivity index (χ3v) is 4.59. The Kier molecular flexibility index (Phi) is 3.97. The Hall–Kier alpha value is -0.420. The van der Waals surface area contributed by atoms with E-state index in [4.69, 9.17) is 11.6 Å². The largest absolute Gasteiger partial charge is 0.303 e. The first-order chi connectivity index (χ1) is 7.65. The van der Waals surface area contributed by atoms with Gasteiger partial charge in [-0.25, -0.2) is 4.98 Å². The van der Waals surface area contributed by atoms with E-state index in [1.54, 1.807) is 22.7 Å². The molecule has 0 bridgehead atoms.